The molecule has 4 aliphatic rings. The first-order valence-corrected chi connectivity index (χ1v) is 22.0. The number of pyridine rings is 2. The van der Waals surface area contributed by atoms with Crippen molar-refractivity contribution in [2.45, 2.75) is 80.9 Å². The number of methoxy groups -OCH3 is 2. The number of ether oxygens (including phenoxy) is 5. The number of hydrogen-bond donors (Lipinski definition) is 0. The Morgan fingerprint density at radius 2 is 1.42 bits per heavy atom. The molecule has 2 aromatic heterocycles. The summed E-state index contributed by atoms with van der Waals surface area (Å²) >= 11 is 3.28. The number of anilines is 2. The minimum atomic E-state index is -0.518. The van der Waals surface area contributed by atoms with Gasteiger partial charge in [-0.2, -0.15) is 10.5 Å². The van der Waals surface area contributed by atoms with E-state index in [1.54, 1.807) is 37.7 Å². The van der Waals surface area contributed by atoms with Crippen molar-refractivity contribution < 1.29 is 23.7 Å². The first kappa shape index (κ1) is 41.6. The molecule has 6 heterocycles. The number of aryl methyl sites for hydroxylation is 1. The molecule has 12 nitrogen and oxygen atoms in total. The van der Waals surface area contributed by atoms with Crippen LogP contribution in [0.25, 0.3) is 0 Å². The summed E-state index contributed by atoms with van der Waals surface area (Å²) in [6.07, 6.45) is 2.81. The van der Waals surface area contributed by atoms with Crippen molar-refractivity contribution in [1.29, 1.82) is 10.5 Å². The standard InChI is InChI=1S/C43H55N7O5S2/c1-42(2)24-32-34(26-44)41(47-39(36(32)28-54-42)50-16-19-53-20-17-50)57-22-10-43(3)25-33-35(27-45)40(56-21-9-30-7-6-8-31(23-30)52-5)46-38(37(33)29-55-43)49-13-11-48(12-14-49)15-18-51-4/h6-8,23H,9-22,24-25,28-29H2,1-5H3. The molecule has 2 fully saturated rings. The largest absolute Gasteiger partial charge is 0.497 e. The van der Waals surface area contributed by atoms with Crippen molar-refractivity contribution in [3.8, 4) is 17.9 Å². The van der Waals surface area contributed by atoms with Crippen LogP contribution >= 0.6 is 23.5 Å². The minimum Gasteiger partial charge on any atom is -0.497 e. The normalized spacial score (nSPS) is 20.7. The highest BCUT2D eigenvalue weighted by Crippen LogP contribution is 2.43. The zero-order chi connectivity index (χ0) is 40.0. The van der Waals surface area contributed by atoms with Gasteiger partial charge in [-0.15, -0.1) is 23.5 Å². The fourth-order valence-electron chi connectivity index (χ4n) is 8.14. The predicted octanol–water partition coefficient (Wildman–Crippen LogP) is 6.03. The van der Waals surface area contributed by atoms with Gasteiger partial charge in [0, 0.05) is 88.4 Å². The topological polar surface area (TPSA) is 129 Å². The number of benzene rings is 1. The lowest BCUT2D eigenvalue weighted by molar-refractivity contribution is -0.0556. The van der Waals surface area contributed by atoms with Gasteiger partial charge in [-0.3, -0.25) is 4.90 Å². The lowest BCUT2D eigenvalue weighted by atomic mass is 9.86. The average molecular weight is 814 g/mol. The molecule has 0 aliphatic carbocycles. The summed E-state index contributed by atoms with van der Waals surface area (Å²) in [6.45, 7) is 15.1. The third kappa shape index (κ3) is 9.66. The molecule has 304 valence electrons. The molecule has 0 amide bonds. The second-order valence-electron chi connectivity index (χ2n) is 16.0. The molecule has 0 bridgehead atoms. The van der Waals surface area contributed by atoms with Crippen LogP contribution in [0.2, 0.25) is 0 Å². The van der Waals surface area contributed by atoms with Crippen LogP contribution in [0.1, 0.15) is 66.1 Å². The lowest BCUT2D eigenvalue weighted by Gasteiger charge is -2.40. The van der Waals surface area contributed by atoms with E-state index in [2.05, 4.69) is 59.7 Å². The van der Waals surface area contributed by atoms with Crippen molar-refractivity contribution in [2.75, 3.05) is 101 Å². The number of piperazine rings is 1. The molecule has 0 saturated carbocycles. The van der Waals surface area contributed by atoms with Crippen LogP contribution < -0.4 is 14.5 Å². The van der Waals surface area contributed by atoms with Crippen molar-refractivity contribution in [3.05, 3.63) is 63.2 Å². The van der Waals surface area contributed by atoms with E-state index in [0.717, 1.165) is 114 Å². The number of morpholine rings is 1. The molecule has 2 saturated heterocycles. The molecule has 14 heteroatoms. The molecule has 7 rings (SSSR count). The maximum atomic E-state index is 10.7. The Bertz CT molecular complexity index is 1990. The number of aromatic nitrogens is 2. The molecule has 0 radical (unpaired) electrons. The Hall–Kier alpha value is -3.60. The van der Waals surface area contributed by atoms with E-state index in [1.165, 1.54) is 5.56 Å². The highest BCUT2D eigenvalue weighted by atomic mass is 32.2. The van der Waals surface area contributed by atoms with E-state index in [4.69, 9.17) is 33.7 Å². The summed E-state index contributed by atoms with van der Waals surface area (Å²) in [4.78, 5) is 17.5. The molecule has 57 heavy (non-hydrogen) atoms. The average Bonchev–Trinajstić information content (AvgIpc) is 3.22. The van der Waals surface area contributed by atoms with Gasteiger partial charge >= 0.3 is 0 Å². The third-order valence-corrected chi connectivity index (χ3v) is 13.4. The van der Waals surface area contributed by atoms with E-state index >= 15 is 0 Å². The first-order chi connectivity index (χ1) is 27.6. The van der Waals surface area contributed by atoms with Crippen LogP contribution in [0.15, 0.2) is 34.3 Å². The van der Waals surface area contributed by atoms with Crippen molar-refractivity contribution >= 4 is 35.2 Å². The van der Waals surface area contributed by atoms with Crippen LogP contribution in [0.4, 0.5) is 11.6 Å². The van der Waals surface area contributed by atoms with E-state index in [-0.39, 0.29) is 5.60 Å². The van der Waals surface area contributed by atoms with Gasteiger partial charge in [0.2, 0.25) is 0 Å². The van der Waals surface area contributed by atoms with Gasteiger partial charge in [-0.25, -0.2) is 9.97 Å². The van der Waals surface area contributed by atoms with E-state index in [1.807, 2.05) is 12.1 Å². The summed E-state index contributed by atoms with van der Waals surface area (Å²) < 4.78 is 29.5. The van der Waals surface area contributed by atoms with Gasteiger partial charge in [-0.1, -0.05) is 12.1 Å². The number of nitrogens with zero attached hydrogens (tertiary/aromatic N) is 7. The monoisotopic (exact) mass is 813 g/mol. The Kier molecular flexibility index (Phi) is 13.5. The Morgan fingerprint density at radius 3 is 2.07 bits per heavy atom. The number of nitriles is 2. The quantitative estimate of drug-likeness (QED) is 0.176. The molecule has 3 aromatic rings. The summed E-state index contributed by atoms with van der Waals surface area (Å²) in [5.74, 6) is 4.19. The second kappa shape index (κ2) is 18.5. The van der Waals surface area contributed by atoms with Crippen LogP contribution in [-0.2, 0) is 51.4 Å². The number of hydrogen-bond acceptors (Lipinski definition) is 14. The first-order valence-electron chi connectivity index (χ1n) is 20.0. The van der Waals surface area contributed by atoms with Crippen molar-refractivity contribution in [3.63, 3.8) is 0 Å². The number of thioether (sulfide) groups is 2. The van der Waals surface area contributed by atoms with E-state index < -0.39 is 5.60 Å². The van der Waals surface area contributed by atoms with Crippen LogP contribution in [-0.4, -0.2) is 117 Å². The predicted molar refractivity (Wildman–Crippen MR) is 224 cm³/mol. The van der Waals surface area contributed by atoms with Gasteiger partial charge in [0.05, 0.1) is 62.5 Å². The number of rotatable bonds is 14. The van der Waals surface area contributed by atoms with Crippen molar-refractivity contribution in [2.24, 2.45) is 0 Å². The molecule has 0 N–H and O–H groups in total. The fraction of sp³-hybridized carbons (Fsp3) is 0.581. The zero-order valence-electron chi connectivity index (χ0n) is 34.0. The molecule has 0 spiro atoms. The number of fused-ring (bicyclic) bond motifs is 2. The summed E-state index contributed by atoms with van der Waals surface area (Å²) in [5.41, 5.74) is 5.78. The molecule has 1 unspecified atom stereocenters. The van der Waals surface area contributed by atoms with E-state index in [0.29, 0.717) is 62.8 Å². The van der Waals surface area contributed by atoms with Crippen LogP contribution in [0.3, 0.4) is 0 Å². The summed E-state index contributed by atoms with van der Waals surface area (Å²) in [7, 11) is 3.43. The van der Waals surface area contributed by atoms with Gasteiger partial charge in [0.25, 0.3) is 0 Å². The molecular formula is C43H55N7O5S2. The van der Waals surface area contributed by atoms with Crippen LogP contribution in [0.5, 0.6) is 5.75 Å². The second-order valence-corrected chi connectivity index (χ2v) is 18.1. The van der Waals surface area contributed by atoms with E-state index in [9.17, 15) is 10.5 Å². The van der Waals surface area contributed by atoms with Gasteiger partial charge in [0.15, 0.2) is 0 Å². The Labute approximate surface area is 346 Å². The summed E-state index contributed by atoms with van der Waals surface area (Å²) in [6, 6.07) is 13.3. The molecular weight excluding hydrogens is 759 g/mol. The molecule has 4 aliphatic heterocycles. The molecule has 1 atom stereocenters. The van der Waals surface area contributed by atoms with Gasteiger partial charge in [0.1, 0.15) is 39.6 Å². The third-order valence-electron chi connectivity index (χ3n) is 11.5. The maximum absolute atomic E-state index is 10.7. The zero-order valence-corrected chi connectivity index (χ0v) is 35.7. The van der Waals surface area contributed by atoms with Crippen LogP contribution in [0, 0.1) is 22.7 Å². The molecule has 1 aromatic carbocycles. The summed E-state index contributed by atoms with van der Waals surface area (Å²) in [5, 5.41) is 22.8. The Morgan fingerprint density at radius 1 is 0.789 bits per heavy atom. The smallest absolute Gasteiger partial charge is 0.135 e. The van der Waals surface area contributed by atoms with Crippen molar-refractivity contribution in [1.82, 2.24) is 14.9 Å². The maximum Gasteiger partial charge on any atom is 0.135 e. The SMILES string of the molecule is COCCN1CCN(c2nc(SCCc3cccc(OC)c3)c(C#N)c3c2COC(C)(CCSc2nc(N4CCOCC4)c4c(c2C#N)CC(C)(C)OC4)C3)CC1. The lowest BCUT2D eigenvalue weighted by Crippen LogP contribution is -2.48. The highest BCUT2D eigenvalue weighted by Gasteiger charge is 2.38. The minimum absolute atomic E-state index is 0.364. The Balaban J connectivity index is 1.13. The van der Waals surface area contributed by atoms with Gasteiger partial charge in [-0.05, 0) is 62.4 Å². The fourth-order valence-corrected chi connectivity index (χ4v) is 10.3. The highest BCUT2D eigenvalue weighted by molar-refractivity contribution is 7.99. The van der Waals surface area contributed by atoms with Gasteiger partial charge < -0.3 is 33.5 Å².